The summed E-state index contributed by atoms with van der Waals surface area (Å²) in [6.07, 6.45) is 0. The summed E-state index contributed by atoms with van der Waals surface area (Å²) in [7, 11) is 4.61. The van der Waals surface area contributed by atoms with Gasteiger partial charge in [0.1, 0.15) is 0 Å². The fourth-order valence-corrected chi connectivity index (χ4v) is 0. The Morgan fingerprint density at radius 1 is 1.25 bits per heavy atom. The topological polar surface area (TPSA) is 0 Å². The molecule has 0 aliphatic heterocycles. The van der Waals surface area contributed by atoms with Crippen LogP contribution in [0.15, 0.2) is 0 Å². The van der Waals surface area contributed by atoms with Gasteiger partial charge < -0.3 is 0 Å². The molecule has 1 radical (unpaired) electrons. The minimum absolute atomic E-state index is 0. The summed E-state index contributed by atoms with van der Waals surface area (Å²) in [5.41, 5.74) is 0. The zero-order valence-corrected chi connectivity index (χ0v) is 4.91. The van der Waals surface area contributed by atoms with Gasteiger partial charge in [0, 0.05) is 38.5 Å². The van der Waals surface area contributed by atoms with Gasteiger partial charge in [-0.3, -0.25) is 0 Å². The van der Waals surface area contributed by atoms with Gasteiger partial charge in [-0.1, -0.05) is 0 Å². The monoisotopic (exact) mass is 311 g/mol. The third-order valence-electron chi connectivity index (χ3n) is 0. The Kier molecular flexibility index (Phi) is 63.4. The predicted molar refractivity (Wildman–Crippen MR) is 27.0 cm³/mol. The third kappa shape index (κ3) is 9.02. The second kappa shape index (κ2) is 16.2. The molecule has 0 saturated carbocycles. The molecule has 0 bridgehead atoms. The maximum absolute atomic E-state index is 4.61. The molecule has 0 spiro atoms. The molecule has 0 rings (SSSR count). The molecule has 0 amide bonds. The van der Waals surface area contributed by atoms with Crippen LogP contribution in [0.5, 0.6) is 0 Å². The molecule has 0 aromatic heterocycles. The second-order valence-corrected chi connectivity index (χ2v) is 0. The van der Waals surface area contributed by atoms with Crippen LogP contribution in [0.1, 0.15) is 0 Å². The van der Waals surface area contributed by atoms with E-state index in [1.54, 1.807) is 21.5 Å². The van der Waals surface area contributed by atoms with Gasteiger partial charge in [-0.25, -0.2) is 0 Å². The molecule has 0 N–H and O–H groups in total. The molecular weight excluding hydrogens is 311 g/mol. The summed E-state index contributed by atoms with van der Waals surface area (Å²) in [6, 6.07) is 0. The van der Waals surface area contributed by atoms with E-state index in [4.69, 9.17) is 0 Å². The van der Waals surface area contributed by atoms with E-state index in [1.165, 1.54) is 0 Å². The molecule has 4 heteroatoms. The van der Waals surface area contributed by atoms with Crippen LogP contribution in [0.25, 0.3) is 0 Å². The SMILES string of the molecule is ClI.[Cu].[RbH]. The van der Waals surface area contributed by atoms with Crippen molar-refractivity contribution in [3.05, 3.63) is 0 Å². The predicted octanol–water partition coefficient (Wildman–Crippen LogP) is 0.924. The fraction of sp³-hybridized carbons (Fsp3) is 0. The van der Waals surface area contributed by atoms with Crippen molar-refractivity contribution in [2.24, 2.45) is 0 Å². The molecule has 0 unspecified atom stereocenters. The van der Waals surface area contributed by atoms with Gasteiger partial charge in [-0.15, -0.1) is 0 Å². The van der Waals surface area contributed by atoms with Crippen LogP contribution in [-0.4, -0.2) is 58.2 Å². The van der Waals surface area contributed by atoms with Crippen molar-refractivity contribution >= 4 is 88.6 Å². The fourth-order valence-electron chi connectivity index (χ4n) is 0. The summed E-state index contributed by atoms with van der Waals surface area (Å²) in [5.74, 6) is 0. The Labute approximate surface area is 103 Å². The first kappa shape index (κ1) is 15.7. The molecule has 4 heavy (non-hydrogen) atoms. The molecular formula is HClCuIRb. The molecule has 0 fully saturated rings. The standard InChI is InChI=1S/ClI.Cu.Rb.H/c1-2;;;. The van der Waals surface area contributed by atoms with E-state index >= 15 is 0 Å². The molecule has 0 nitrogen and oxygen atoms in total. The summed E-state index contributed by atoms with van der Waals surface area (Å²) >= 11 is 1.62. The van der Waals surface area contributed by atoms with Crippen molar-refractivity contribution in [2.75, 3.05) is 0 Å². The van der Waals surface area contributed by atoms with E-state index < -0.39 is 0 Å². The molecule has 0 aliphatic carbocycles. The Hall–Kier alpha value is 3.34. The molecule has 0 saturated heterocycles. The van der Waals surface area contributed by atoms with Crippen molar-refractivity contribution in [1.29, 1.82) is 0 Å². The maximum atomic E-state index is 4.61. The molecule has 0 aromatic carbocycles. The average Bonchev–Trinajstić information content (AvgIpc) is 1.00. The van der Waals surface area contributed by atoms with Crippen molar-refractivity contribution < 1.29 is 17.1 Å². The minimum atomic E-state index is 0. The Bertz CT molecular complexity index is 8.00. The van der Waals surface area contributed by atoms with Crippen LogP contribution >= 0.6 is 30.4 Å². The summed E-state index contributed by atoms with van der Waals surface area (Å²) in [4.78, 5) is 0. The van der Waals surface area contributed by atoms with E-state index in [0.717, 1.165) is 0 Å². The summed E-state index contributed by atoms with van der Waals surface area (Å²) in [6.45, 7) is 0. The van der Waals surface area contributed by atoms with Gasteiger partial charge in [0.25, 0.3) is 0 Å². The first-order valence-corrected chi connectivity index (χ1v) is 2.87. The van der Waals surface area contributed by atoms with E-state index in [-0.39, 0.29) is 75.3 Å². The quantitative estimate of drug-likeness (QED) is 0.461. The van der Waals surface area contributed by atoms with E-state index in [2.05, 4.69) is 8.91 Å². The molecule has 0 aromatic rings. The Morgan fingerprint density at radius 2 is 1.25 bits per heavy atom. The van der Waals surface area contributed by atoms with E-state index in [1.807, 2.05) is 0 Å². The number of halogens is 2. The average molecular weight is 312 g/mol. The van der Waals surface area contributed by atoms with Gasteiger partial charge in [0.05, 0.1) is 0 Å². The van der Waals surface area contributed by atoms with E-state index in [0.29, 0.717) is 0 Å². The molecule has 0 atom stereocenters. The second-order valence-electron chi connectivity index (χ2n) is 0. The summed E-state index contributed by atoms with van der Waals surface area (Å²) < 4.78 is 0. The Morgan fingerprint density at radius 3 is 1.25 bits per heavy atom. The van der Waals surface area contributed by atoms with E-state index in [9.17, 15) is 0 Å². The normalized spacial score (nSPS) is 1.50. The van der Waals surface area contributed by atoms with Crippen LogP contribution in [0, 0.1) is 0 Å². The van der Waals surface area contributed by atoms with Gasteiger partial charge in [0.15, 0.2) is 0 Å². The first-order chi connectivity index (χ1) is 1.00. The molecule has 0 aliphatic rings. The first-order valence-electron chi connectivity index (χ1n) is 0.143. The zero-order valence-electron chi connectivity index (χ0n) is 1.06. The van der Waals surface area contributed by atoms with Gasteiger partial charge in [-0.05, 0) is 8.91 Å². The number of hydrogen-bond donors (Lipinski definition) is 0. The zero-order chi connectivity index (χ0) is 2.00. The van der Waals surface area contributed by atoms with Gasteiger partial charge in [-0.2, -0.15) is 0 Å². The number of rotatable bonds is 0. The van der Waals surface area contributed by atoms with Crippen molar-refractivity contribution in [3.8, 4) is 0 Å². The third-order valence-corrected chi connectivity index (χ3v) is 0. The van der Waals surface area contributed by atoms with Crippen LogP contribution in [0.2, 0.25) is 0 Å². The van der Waals surface area contributed by atoms with Gasteiger partial charge >= 0.3 is 58.2 Å². The van der Waals surface area contributed by atoms with Crippen molar-refractivity contribution in [1.82, 2.24) is 0 Å². The van der Waals surface area contributed by atoms with Crippen molar-refractivity contribution in [3.63, 3.8) is 0 Å². The molecule has 27 valence electrons. The van der Waals surface area contributed by atoms with Crippen molar-refractivity contribution in [2.45, 2.75) is 0 Å². The van der Waals surface area contributed by atoms with Gasteiger partial charge in [0.2, 0.25) is 0 Å². The number of hydrogen-bond acceptors (Lipinski definition) is 0. The molecule has 0 heterocycles. The van der Waals surface area contributed by atoms with Crippen LogP contribution < -0.4 is 0 Å². The van der Waals surface area contributed by atoms with Crippen LogP contribution in [-0.2, 0) is 17.1 Å². The summed E-state index contributed by atoms with van der Waals surface area (Å²) in [5, 5.41) is 0. The van der Waals surface area contributed by atoms with Crippen LogP contribution in [0.4, 0.5) is 0 Å². The van der Waals surface area contributed by atoms with Crippen LogP contribution in [0.3, 0.4) is 0 Å². The Balaban J connectivity index is -0.00000000500.